The first kappa shape index (κ1) is 21.6. The van der Waals surface area contributed by atoms with Gasteiger partial charge in [-0.05, 0) is 78.7 Å². The number of nitrogens with zero attached hydrogens (tertiary/aromatic N) is 2. The molecule has 0 unspecified atom stereocenters. The Morgan fingerprint density at radius 3 is 2.14 bits per heavy atom. The molecule has 3 rings (SSSR count). The van der Waals surface area contributed by atoms with Crippen LogP contribution in [0.5, 0.6) is 11.5 Å². The highest BCUT2D eigenvalue weighted by Gasteiger charge is 2.33. The Hall–Kier alpha value is -2.08. The third-order valence-electron chi connectivity index (χ3n) is 6.00. The SMILES string of the molecule is CC(C)N(C(=O)[C@H](C)N1CCC(C(=O)c2ccc3c(c2)OCCO3)CC1)C(C)C. The second kappa shape index (κ2) is 9.16. The average Bonchev–Trinajstić information content (AvgIpc) is 2.72. The lowest BCUT2D eigenvalue weighted by Gasteiger charge is -2.39. The molecule has 0 radical (unpaired) electrons. The Morgan fingerprint density at radius 1 is 0.966 bits per heavy atom. The summed E-state index contributed by atoms with van der Waals surface area (Å²) in [5, 5.41) is 0. The molecule has 0 spiro atoms. The van der Waals surface area contributed by atoms with Crippen molar-refractivity contribution in [3.05, 3.63) is 23.8 Å². The molecule has 160 valence electrons. The number of hydrogen-bond donors (Lipinski definition) is 0. The molecule has 0 bridgehead atoms. The molecule has 0 aromatic heterocycles. The topological polar surface area (TPSA) is 59.1 Å². The molecule has 0 aliphatic carbocycles. The van der Waals surface area contributed by atoms with Crippen LogP contribution in [0.3, 0.4) is 0 Å². The number of carbonyl (C=O) groups excluding carboxylic acids is 2. The number of fused-ring (bicyclic) bond motifs is 1. The van der Waals surface area contributed by atoms with E-state index in [9.17, 15) is 9.59 Å². The van der Waals surface area contributed by atoms with E-state index in [2.05, 4.69) is 32.6 Å². The Kier molecular flexibility index (Phi) is 6.83. The van der Waals surface area contributed by atoms with Crippen LogP contribution >= 0.6 is 0 Å². The van der Waals surface area contributed by atoms with Gasteiger partial charge in [-0.1, -0.05) is 0 Å². The molecule has 1 atom stereocenters. The molecule has 6 heteroatoms. The minimum Gasteiger partial charge on any atom is -0.486 e. The van der Waals surface area contributed by atoms with Crippen LogP contribution in [0.25, 0.3) is 0 Å². The van der Waals surface area contributed by atoms with E-state index in [0.717, 1.165) is 25.9 Å². The Balaban J connectivity index is 1.60. The summed E-state index contributed by atoms with van der Waals surface area (Å²) in [6.45, 7) is 12.8. The number of rotatable bonds is 6. The van der Waals surface area contributed by atoms with Crippen molar-refractivity contribution in [1.29, 1.82) is 0 Å². The second-order valence-electron chi connectivity index (χ2n) is 8.64. The van der Waals surface area contributed by atoms with Gasteiger partial charge in [0.05, 0.1) is 6.04 Å². The zero-order chi connectivity index (χ0) is 21.1. The van der Waals surface area contributed by atoms with E-state index in [-0.39, 0.29) is 35.7 Å². The van der Waals surface area contributed by atoms with Crippen LogP contribution in [0, 0.1) is 5.92 Å². The minimum absolute atomic E-state index is 0.0117. The van der Waals surface area contributed by atoms with Crippen molar-refractivity contribution < 1.29 is 19.1 Å². The van der Waals surface area contributed by atoms with E-state index in [1.165, 1.54) is 0 Å². The third-order valence-corrected chi connectivity index (χ3v) is 6.00. The van der Waals surface area contributed by atoms with Crippen LogP contribution in [0.15, 0.2) is 18.2 Å². The molecule has 29 heavy (non-hydrogen) atoms. The Bertz CT molecular complexity index is 730. The van der Waals surface area contributed by atoms with E-state index in [1.54, 1.807) is 6.07 Å². The summed E-state index contributed by atoms with van der Waals surface area (Å²) in [4.78, 5) is 30.2. The summed E-state index contributed by atoms with van der Waals surface area (Å²) < 4.78 is 11.2. The van der Waals surface area contributed by atoms with Gasteiger partial charge in [0.25, 0.3) is 0 Å². The molecule has 1 saturated heterocycles. The number of Topliss-reactive ketones (excluding diaryl/α,β-unsaturated/α-hetero) is 1. The number of benzene rings is 1. The summed E-state index contributed by atoms with van der Waals surface area (Å²) in [6, 6.07) is 5.66. The first-order valence-corrected chi connectivity index (χ1v) is 10.8. The van der Waals surface area contributed by atoms with Crippen LogP contribution < -0.4 is 9.47 Å². The highest BCUT2D eigenvalue weighted by atomic mass is 16.6. The maximum absolute atomic E-state index is 13.0. The lowest BCUT2D eigenvalue weighted by molar-refractivity contribution is -0.140. The fraction of sp³-hybridized carbons (Fsp3) is 0.652. The molecule has 0 N–H and O–H groups in total. The average molecular weight is 403 g/mol. The molecule has 1 fully saturated rings. The summed E-state index contributed by atoms with van der Waals surface area (Å²) in [7, 11) is 0. The number of hydrogen-bond acceptors (Lipinski definition) is 5. The fourth-order valence-electron chi connectivity index (χ4n) is 4.46. The van der Waals surface area contributed by atoms with Gasteiger partial charge in [-0.2, -0.15) is 0 Å². The molecule has 1 aromatic rings. The van der Waals surface area contributed by atoms with Gasteiger partial charge in [0.15, 0.2) is 17.3 Å². The maximum atomic E-state index is 13.0. The van der Waals surface area contributed by atoms with Gasteiger partial charge < -0.3 is 14.4 Å². The number of ketones is 1. The number of likely N-dealkylation sites (tertiary alicyclic amines) is 1. The lowest BCUT2D eigenvalue weighted by Crippen LogP contribution is -2.53. The second-order valence-corrected chi connectivity index (χ2v) is 8.64. The smallest absolute Gasteiger partial charge is 0.240 e. The van der Waals surface area contributed by atoms with Gasteiger partial charge in [-0.3, -0.25) is 14.5 Å². The zero-order valence-corrected chi connectivity index (χ0v) is 18.3. The lowest BCUT2D eigenvalue weighted by atomic mass is 9.88. The summed E-state index contributed by atoms with van der Waals surface area (Å²) >= 11 is 0. The monoisotopic (exact) mass is 402 g/mol. The summed E-state index contributed by atoms with van der Waals surface area (Å²) in [5.74, 6) is 1.68. The van der Waals surface area contributed by atoms with Crippen molar-refractivity contribution in [3.8, 4) is 11.5 Å². The molecule has 1 amide bonds. The van der Waals surface area contributed by atoms with Crippen molar-refractivity contribution >= 4 is 11.7 Å². The highest BCUT2D eigenvalue weighted by Crippen LogP contribution is 2.32. The zero-order valence-electron chi connectivity index (χ0n) is 18.3. The molecule has 2 aliphatic heterocycles. The molecule has 6 nitrogen and oxygen atoms in total. The third kappa shape index (κ3) is 4.74. The van der Waals surface area contributed by atoms with Gasteiger partial charge in [-0.15, -0.1) is 0 Å². The quantitative estimate of drug-likeness (QED) is 0.683. The van der Waals surface area contributed by atoms with Crippen molar-refractivity contribution in [3.63, 3.8) is 0 Å². The van der Waals surface area contributed by atoms with Gasteiger partial charge in [0.1, 0.15) is 13.2 Å². The molecule has 1 aromatic carbocycles. The Morgan fingerprint density at radius 2 is 1.55 bits per heavy atom. The normalized spacial score (nSPS) is 18.7. The van der Waals surface area contributed by atoms with Crippen LogP contribution in [-0.2, 0) is 4.79 Å². The van der Waals surface area contributed by atoms with Gasteiger partial charge >= 0.3 is 0 Å². The predicted octanol–water partition coefficient (Wildman–Crippen LogP) is 3.39. The van der Waals surface area contributed by atoms with Crippen molar-refractivity contribution in [1.82, 2.24) is 9.80 Å². The first-order chi connectivity index (χ1) is 13.8. The molecular formula is C23H34N2O4. The Labute approximate surface area is 174 Å². The van der Waals surface area contributed by atoms with E-state index in [0.29, 0.717) is 30.3 Å². The number of ether oxygens (including phenoxy) is 2. The molecular weight excluding hydrogens is 368 g/mol. The van der Waals surface area contributed by atoms with E-state index < -0.39 is 0 Å². The van der Waals surface area contributed by atoms with Crippen molar-refractivity contribution in [2.45, 2.75) is 65.6 Å². The van der Waals surface area contributed by atoms with Gasteiger partial charge in [-0.25, -0.2) is 0 Å². The van der Waals surface area contributed by atoms with Gasteiger partial charge in [0.2, 0.25) is 5.91 Å². The van der Waals surface area contributed by atoms with Crippen LogP contribution in [0.1, 0.15) is 57.8 Å². The van der Waals surface area contributed by atoms with Crippen LogP contribution in [0.4, 0.5) is 0 Å². The number of piperidine rings is 1. The van der Waals surface area contributed by atoms with Crippen molar-refractivity contribution in [2.24, 2.45) is 5.92 Å². The predicted molar refractivity (Wildman–Crippen MR) is 113 cm³/mol. The molecule has 2 aliphatic rings. The van der Waals surface area contributed by atoms with Crippen molar-refractivity contribution in [2.75, 3.05) is 26.3 Å². The summed E-state index contributed by atoms with van der Waals surface area (Å²) in [6.07, 6.45) is 1.54. The highest BCUT2D eigenvalue weighted by molar-refractivity contribution is 5.98. The van der Waals surface area contributed by atoms with E-state index in [4.69, 9.17) is 9.47 Å². The number of carbonyl (C=O) groups is 2. The van der Waals surface area contributed by atoms with Gasteiger partial charge in [0, 0.05) is 23.6 Å². The van der Waals surface area contributed by atoms with E-state index >= 15 is 0 Å². The molecule has 0 saturated carbocycles. The largest absolute Gasteiger partial charge is 0.486 e. The van der Waals surface area contributed by atoms with Crippen LogP contribution in [-0.4, -0.2) is 65.9 Å². The summed E-state index contributed by atoms with van der Waals surface area (Å²) in [5.41, 5.74) is 0.683. The minimum atomic E-state index is -0.162. The first-order valence-electron chi connectivity index (χ1n) is 10.8. The van der Waals surface area contributed by atoms with E-state index in [1.807, 2.05) is 24.0 Å². The molecule has 2 heterocycles. The fourth-order valence-corrected chi connectivity index (χ4v) is 4.46. The standard InChI is InChI=1S/C23H34N2O4/c1-15(2)25(16(3)4)23(27)17(5)24-10-8-18(9-11-24)22(26)19-6-7-20-21(14-19)29-13-12-28-20/h6-7,14-18H,8-13H2,1-5H3/t17-/m0/s1. The van der Waals surface area contributed by atoms with Crippen LogP contribution in [0.2, 0.25) is 0 Å². The number of amides is 1. The maximum Gasteiger partial charge on any atom is 0.240 e.